The average molecular weight is 349 g/mol. The molecule has 0 radical (unpaired) electrons. The van der Waals surface area contributed by atoms with E-state index in [0.717, 1.165) is 5.56 Å². The van der Waals surface area contributed by atoms with Gasteiger partial charge in [-0.25, -0.2) is 4.98 Å². The molecule has 6 nitrogen and oxygen atoms in total. The van der Waals surface area contributed by atoms with Crippen LogP contribution in [0.25, 0.3) is 11.0 Å². The maximum Gasteiger partial charge on any atom is 0.269 e. The van der Waals surface area contributed by atoms with E-state index in [2.05, 4.69) is 4.98 Å². The van der Waals surface area contributed by atoms with Gasteiger partial charge in [-0.3, -0.25) is 14.2 Å². The van der Waals surface area contributed by atoms with Crippen molar-refractivity contribution in [3.63, 3.8) is 0 Å². The first-order valence-electron chi connectivity index (χ1n) is 8.61. The van der Waals surface area contributed by atoms with Crippen LogP contribution in [0, 0.1) is 0 Å². The maximum absolute atomic E-state index is 13.0. The van der Waals surface area contributed by atoms with Gasteiger partial charge in [-0.2, -0.15) is 0 Å². The van der Waals surface area contributed by atoms with Gasteiger partial charge in [0.25, 0.3) is 5.56 Å². The summed E-state index contributed by atoms with van der Waals surface area (Å²) in [6, 6.07) is 17.0. The van der Waals surface area contributed by atoms with Crippen LogP contribution in [0.4, 0.5) is 0 Å². The SMILES string of the molecule is O=C(Cn1c(=O)cnc2ccccc21)N1CCOC[C@@H]1c1ccccc1. The lowest BCUT2D eigenvalue weighted by Crippen LogP contribution is -2.45. The summed E-state index contributed by atoms with van der Waals surface area (Å²) >= 11 is 0. The van der Waals surface area contributed by atoms with Crippen molar-refractivity contribution >= 4 is 16.9 Å². The van der Waals surface area contributed by atoms with Gasteiger partial charge in [-0.15, -0.1) is 0 Å². The molecule has 1 aliphatic heterocycles. The number of rotatable bonds is 3. The van der Waals surface area contributed by atoms with Gasteiger partial charge in [0.15, 0.2) is 0 Å². The predicted octanol–water partition coefficient (Wildman–Crippen LogP) is 2.00. The largest absolute Gasteiger partial charge is 0.377 e. The van der Waals surface area contributed by atoms with Crippen molar-refractivity contribution in [2.45, 2.75) is 12.6 Å². The number of hydrogen-bond donors (Lipinski definition) is 0. The van der Waals surface area contributed by atoms with Gasteiger partial charge in [0.1, 0.15) is 6.54 Å². The Kier molecular flexibility index (Phi) is 4.50. The van der Waals surface area contributed by atoms with E-state index in [0.29, 0.717) is 30.8 Å². The lowest BCUT2D eigenvalue weighted by Gasteiger charge is -2.36. The summed E-state index contributed by atoms with van der Waals surface area (Å²) in [5, 5.41) is 0. The number of para-hydroxylation sites is 2. The van der Waals surface area contributed by atoms with Gasteiger partial charge in [0, 0.05) is 6.54 Å². The zero-order valence-corrected chi connectivity index (χ0v) is 14.2. The highest BCUT2D eigenvalue weighted by molar-refractivity contribution is 5.80. The summed E-state index contributed by atoms with van der Waals surface area (Å²) < 4.78 is 7.08. The second-order valence-electron chi connectivity index (χ2n) is 6.26. The molecule has 2 heterocycles. The molecule has 0 spiro atoms. The fourth-order valence-corrected chi connectivity index (χ4v) is 3.36. The van der Waals surface area contributed by atoms with Crippen molar-refractivity contribution in [1.29, 1.82) is 0 Å². The molecule has 1 fully saturated rings. The third kappa shape index (κ3) is 3.11. The first-order chi connectivity index (χ1) is 12.7. The molecule has 1 aromatic heterocycles. The van der Waals surface area contributed by atoms with E-state index >= 15 is 0 Å². The summed E-state index contributed by atoms with van der Waals surface area (Å²) in [5.41, 5.74) is 2.12. The Bertz CT molecular complexity index is 984. The summed E-state index contributed by atoms with van der Waals surface area (Å²) in [4.78, 5) is 31.3. The van der Waals surface area contributed by atoms with Crippen molar-refractivity contribution in [3.8, 4) is 0 Å². The number of aromatic nitrogens is 2. The van der Waals surface area contributed by atoms with Crippen LogP contribution in [0.15, 0.2) is 65.6 Å². The third-order valence-corrected chi connectivity index (χ3v) is 4.68. The van der Waals surface area contributed by atoms with Crippen LogP contribution in [0.2, 0.25) is 0 Å². The molecule has 0 unspecified atom stereocenters. The minimum atomic E-state index is -0.276. The molecule has 0 aliphatic carbocycles. The van der Waals surface area contributed by atoms with E-state index in [1.54, 1.807) is 4.90 Å². The summed E-state index contributed by atoms with van der Waals surface area (Å²) in [6.45, 7) is 1.46. The molecule has 1 amide bonds. The van der Waals surface area contributed by atoms with Gasteiger partial charge in [-0.1, -0.05) is 42.5 Å². The van der Waals surface area contributed by atoms with E-state index in [1.165, 1.54) is 10.8 Å². The van der Waals surface area contributed by atoms with Crippen LogP contribution in [-0.4, -0.2) is 40.1 Å². The van der Waals surface area contributed by atoms with E-state index in [-0.39, 0.29) is 24.1 Å². The van der Waals surface area contributed by atoms with Gasteiger partial charge >= 0.3 is 0 Å². The van der Waals surface area contributed by atoms with Gasteiger partial charge < -0.3 is 9.64 Å². The summed E-state index contributed by atoms with van der Waals surface area (Å²) in [5.74, 6) is -0.0967. The number of ether oxygens (including phenoxy) is 1. The zero-order valence-electron chi connectivity index (χ0n) is 14.2. The average Bonchev–Trinajstić information content (AvgIpc) is 2.71. The topological polar surface area (TPSA) is 64.4 Å². The third-order valence-electron chi connectivity index (χ3n) is 4.68. The quantitative estimate of drug-likeness (QED) is 0.725. The van der Waals surface area contributed by atoms with E-state index < -0.39 is 0 Å². The first-order valence-corrected chi connectivity index (χ1v) is 8.61. The molecular weight excluding hydrogens is 330 g/mol. The van der Waals surface area contributed by atoms with Crippen LogP contribution in [0.5, 0.6) is 0 Å². The fourth-order valence-electron chi connectivity index (χ4n) is 3.36. The Labute approximate surface area is 150 Å². The number of morpholine rings is 1. The first kappa shape index (κ1) is 16.5. The minimum absolute atomic E-state index is 0.00873. The number of carbonyl (C=O) groups is 1. The Balaban J connectivity index is 1.65. The predicted molar refractivity (Wildman–Crippen MR) is 97.7 cm³/mol. The molecule has 0 saturated carbocycles. The number of nitrogens with zero attached hydrogens (tertiary/aromatic N) is 3. The van der Waals surface area contributed by atoms with Crippen molar-refractivity contribution in [2.24, 2.45) is 0 Å². The second kappa shape index (κ2) is 7.09. The molecule has 0 bridgehead atoms. The molecule has 26 heavy (non-hydrogen) atoms. The van der Waals surface area contributed by atoms with Crippen molar-refractivity contribution < 1.29 is 9.53 Å². The van der Waals surface area contributed by atoms with Crippen LogP contribution in [-0.2, 0) is 16.1 Å². The Morgan fingerprint density at radius 3 is 2.73 bits per heavy atom. The molecule has 132 valence electrons. The standard InChI is InChI=1S/C20H19N3O3/c24-19-12-21-16-8-4-5-9-17(16)23(19)13-20(25)22-10-11-26-14-18(22)15-6-2-1-3-7-15/h1-9,12,18H,10-11,13-14H2/t18-/m1/s1. The summed E-state index contributed by atoms with van der Waals surface area (Å²) in [7, 11) is 0. The van der Waals surface area contributed by atoms with Crippen molar-refractivity contribution in [3.05, 3.63) is 76.7 Å². The molecule has 1 atom stereocenters. The van der Waals surface area contributed by atoms with Crippen LogP contribution in [0.1, 0.15) is 11.6 Å². The highest BCUT2D eigenvalue weighted by Crippen LogP contribution is 2.24. The monoisotopic (exact) mass is 349 g/mol. The van der Waals surface area contributed by atoms with Crippen molar-refractivity contribution in [2.75, 3.05) is 19.8 Å². The normalized spacial score (nSPS) is 17.4. The number of fused-ring (bicyclic) bond motifs is 1. The molecule has 1 aliphatic rings. The number of hydrogen-bond acceptors (Lipinski definition) is 4. The Hall–Kier alpha value is -2.99. The van der Waals surface area contributed by atoms with Gasteiger partial charge in [0.05, 0.1) is 36.5 Å². The molecule has 4 rings (SSSR count). The van der Waals surface area contributed by atoms with Crippen molar-refractivity contribution in [1.82, 2.24) is 14.5 Å². The molecule has 3 aromatic rings. The molecular formula is C20H19N3O3. The van der Waals surface area contributed by atoms with Crippen LogP contribution >= 0.6 is 0 Å². The van der Waals surface area contributed by atoms with Gasteiger partial charge in [-0.05, 0) is 17.7 Å². The maximum atomic E-state index is 13.0. The molecule has 6 heteroatoms. The lowest BCUT2D eigenvalue weighted by molar-refractivity contribution is -0.140. The molecule has 0 N–H and O–H groups in total. The zero-order chi connectivity index (χ0) is 17.9. The fraction of sp³-hybridized carbons (Fsp3) is 0.250. The number of amides is 1. The highest BCUT2D eigenvalue weighted by atomic mass is 16.5. The van der Waals surface area contributed by atoms with E-state index in [1.807, 2.05) is 54.6 Å². The smallest absolute Gasteiger partial charge is 0.269 e. The molecule has 1 saturated heterocycles. The van der Waals surface area contributed by atoms with E-state index in [4.69, 9.17) is 4.74 Å². The number of carbonyl (C=O) groups excluding carboxylic acids is 1. The lowest BCUT2D eigenvalue weighted by atomic mass is 10.0. The van der Waals surface area contributed by atoms with Gasteiger partial charge in [0.2, 0.25) is 5.91 Å². The van der Waals surface area contributed by atoms with Crippen LogP contribution in [0.3, 0.4) is 0 Å². The highest BCUT2D eigenvalue weighted by Gasteiger charge is 2.28. The number of benzene rings is 2. The van der Waals surface area contributed by atoms with Crippen LogP contribution < -0.4 is 5.56 Å². The Morgan fingerprint density at radius 2 is 1.88 bits per heavy atom. The summed E-state index contributed by atoms with van der Waals surface area (Å²) in [6.07, 6.45) is 1.27. The molecule has 2 aromatic carbocycles. The minimum Gasteiger partial charge on any atom is -0.377 e. The van der Waals surface area contributed by atoms with E-state index in [9.17, 15) is 9.59 Å². The second-order valence-corrected chi connectivity index (χ2v) is 6.26. The Morgan fingerprint density at radius 1 is 1.12 bits per heavy atom.